The number of hydrogen-bond acceptors (Lipinski definition) is 7. The van der Waals surface area contributed by atoms with Gasteiger partial charge < -0.3 is 8.92 Å². The summed E-state index contributed by atoms with van der Waals surface area (Å²) in [6, 6.07) is 6.71. The monoisotopic (exact) mass is 487 g/mol. The summed E-state index contributed by atoms with van der Waals surface area (Å²) in [4.78, 5) is 17.4. The first-order valence-corrected chi connectivity index (χ1v) is 11.9. The number of carbonyl (C=O) groups is 1. The van der Waals surface area contributed by atoms with E-state index in [4.69, 9.17) is 8.92 Å². The fourth-order valence-corrected chi connectivity index (χ4v) is 5.34. The van der Waals surface area contributed by atoms with Crippen molar-refractivity contribution in [1.82, 2.24) is 4.98 Å². The molecule has 1 saturated heterocycles. The lowest BCUT2D eigenvalue weighted by Gasteiger charge is -2.36. The summed E-state index contributed by atoms with van der Waals surface area (Å²) in [5.74, 6) is -1.20. The van der Waals surface area contributed by atoms with Crippen LogP contribution in [-0.2, 0) is 23.8 Å². The van der Waals surface area contributed by atoms with Gasteiger partial charge in [0.2, 0.25) is 0 Å². The average molecular weight is 488 g/mol. The Balaban J connectivity index is 1.71. The summed E-state index contributed by atoms with van der Waals surface area (Å²) in [6.45, 7) is 6.52. The number of thiophene rings is 1. The lowest BCUT2D eigenvalue weighted by molar-refractivity contribution is -0.146. The van der Waals surface area contributed by atoms with E-state index in [-0.39, 0.29) is 15.7 Å². The number of halogens is 1. The molecule has 9 heteroatoms. The van der Waals surface area contributed by atoms with Crippen molar-refractivity contribution in [3.05, 3.63) is 34.9 Å². The maximum absolute atomic E-state index is 12.6. The lowest BCUT2D eigenvalue weighted by atomic mass is 9.81. The minimum absolute atomic E-state index is 0.0139. The molecule has 2 atom stereocenters. The molecular formula is C19H22BrNO5S2. The molecule has 0 aromatic carbocycles. The summed E-state index contributed by atoms with van der Waals surface area (Å²) in [6.07, 6.45) is 2.44. The van der Waals surface area contributed by atoms with Gasteiger partial charge in [0, 0.05) is 17.3 Å². The third-order valence-corrected chi connectivity index (χ3v) is 7.83. The Bertz CT molecular complexity index is 947. The molecule has 6 nitrogen and oxygen atoms in total. The van der Waals surface area contributed by atoms with Gasteiger partial charge in [0.1, 0.15) is 0 Å². The number of carbonyl (C=O) groups excluding carboxylic acids is 1. The van der Waals surface area contributed by atoms with Gasteiger partial charge in [-0.2, -0.15) is 8.42 Å². The van der Waals surface area contributed by atoms with Crippen molar-refractivity contribution < 1.29 is 22.1 Å². The van der Waals surface area contributed by atoms with Gasteiger partial charge in [0.25, 0.3) is 0 Å². The van der Waals surface area contributed by atoms with Crippen LogP contribution in [0.1, 0.15) is 33.6 Å². The highest BCUT2D eigenvalue weighted by atomic mass is 79.9. The number of pyridine rings is 1. The molecule has 0 bridgehead atoms. The Kier molecular flexibility index (Phi) is 6.29. The molecule has 152 valence electrons. The molecule has 28 heavy (non-hydrogen) atoms. The van der Waals surface area contributed by atoms with Crippen molar-refractivity contribution in [1.29, 1.82) is 0 Å². The van der Waals surface area contributed by atoms with Crippen LogP contribution in [-0.4, -0.2) is 32.1 Å². The minimum atomic E-state index is -4.17. The van der Waals surface area contributed by atoms with Gasteiger partial charge in [-0.05, 0) is 58.5 Å². The highest BCUT2D eigenvalue weighted by Crippen LogP contribution is 2.35. The molecule has 0 radical (unpaired) electrons. The van der Waals surface area contributed by atoms with E-state index in [0.29, 0.717) is 30.0 Å². The van der Waals surface area contributed by atoms with Gasteiger partial charge in [-0.15, -0.1) is 11.3 Å². The van der Waals surface area contributed by atoms with Crippen molar-refractivity contribution in [3.8, 4) is 10.6 Å². The second kappa shape index (κ2) is 8.22. The summed E-state index contributed by atoms with van der Waals surface area (Å²) >= 11 is 4.34. The van der Waals surface area contributed by atoms with E-state index in [9.17, 15) is 13.2 Å². The molecule has 2 aromatic heterocycles. The molecule has 0 aliphatic carbocycles. The highest BCUT2D eigenvalue weighted by molar-refractivity contribution is 9.10. The van der Waals surface area contributed by atoms with Crippen LogP contribution in [0.25, 0.3) is 10.6 Å². The first-order chi connectivity index (χ1) is 13.1. The number of aromatic nitrogens is 1. The number of nitrogens with zero attached hydrogens (tertiary/aromatic N) is 1. The van der Waals surface area contributed by atoms with Gasteiger partial charge in [0.05, 0.1) is 22.6 Å². The fraction of sp³-hybridized carbons (Fsp3) is 0.474. The van der Waals surface area contributed by atoms with Gasteiger partial charge in [-0.1, -0.05) is 20.8 Å². The van der Waals surface area contributed by atoms with E-state index in [2.05, 4.69) is 20.9 Å². The summed E-state index contributed by atoms with van der Waals surface area (Å²) < 4.78 is 36.6. The Morgan fingerprint density at radius 2 is 2.04 bits per heavy atom. The van der Waals surface area contributed by atoms with Crippen LogP contribution < -0.4 is 0 Å². The topological polar surface area (TPSA) is 82.6 Å². The molecule has 3 rings (SSSR count). The second-order valence-corrected chi connectivity index (χ2v) is 11.6. The van der Waals surface area contributed by atoms with Crippen molar-refractivity contribution in [2.75, 3.05) is 6.61 Å². The van der Waals surface area contributed by atoms with E-state index >= 15 is 0 Å². The van der Waals surface area contributed by atoms with E-state index in [1.54, 1.807) is 18.3 Å². The zero-order valence-electron chi connectivity index (χ0n) is 15.8. The Hall–Kier alpha value is -1.29. The number of hydrogen-bond donors (Lipinski definition) is 0. The van der Waals surface area contributed by atoms with Crippen molar-refractivity contribution >= 4 is 43.4 Å². The maximum Gasteiger partial charge on any atom is 0.351 e. The molecule has 3 heterocycles. The summed E-state index contributed by atoms with van der Waals surface area (Å²) in [7, 11) is -4.17. The maximum atomic E-state index is 12.6. The largest absolute Gasteiger partial charge is 0.378 e. The zero-order chi connectivity index (χ0) is 20.5. The fourth-order valence-electron chi connectivity index (χ4n) is 2.95. The smallest absolute Gasteiger partial charge is 0.351 e. The highest BCUT2D eigenvalue weighted by Gasteiger charge is 2.37. The van der Waals surface area contributed by atoms with E-state index in [0.717, 1.165) is 15.8 Å². The number of ether oxygens (including phenoxy) is 1. The van der Waals surface area contributed by atoms with Crippen LogP contribution in [0, 0.1) is 11.3 Å². The van der Waals surface area contributed by atoms with Gasteiger partial charge in [-0.25, -0.2) is 0 Å². The molecule has 2 aromatic rings. The predicted molar refractivity (Wildman–Crippen MR) is 110 cm³/mol. The van der Waals surface area contributed by atoms with E-state index in [1.165, 1.54) is 6.07 Å². The predicted octanol–water partition coefficient (Wildman–Crippen LogP) is 4.65. The van der Waals surface area contributed by atoms with Crippen LogP contribution in [0.3, 0.4) is 0 Å². The molecule has 1 fully saturated rings. The molecule has 0 saturated carbocycles. The molecule has 0 amide bonds. The molecule has 1 aliphatic rings. The molecule has 0 N–H and O–H groups in total. The van der Waals surface area contributed by atoms with Gasteiger partial charge in [0.15, 0.2) is 4.21 Å². The Labute approximate surface area is 177 Å². The average Bonchev–Trinajstić information content (AvgIpc) is 3.12. The summed E-state index contributed by atoms with van der Waals surface area (Å²) in [5, 5.41) is 0. The van der Waals surface area contributed by atoms with E-state index in [1.807, 2.05) is 26.8 Å². The van der Waals surface area contributed by atoms with Crippen LogP contribution in [0.15, 0.2) is 39.1 Å². The molecule has 0 spiro atoms. The van der Waals surface area contributed by atoms with Gasteiger partial charge in [-0.3, -0.25) is 9.78 Å². The lowest BCUT2D eigenvalue weighted by Crippen LogP contribution is -2.39. The first-order valence-electron chi connectivity index (χ1n) is 8.88. The van der Waals surface area contributed by atoms with Crippen molar-refractivity contribution in [3.63, 3.8) is 0 Å². The Morgan fingerprint density at radius 1 is 1.29 bits per heavy atom. The second-order valence-electron chi connectivity index (χ2n) is 7.78. The first kappa shape index (κ1) is 21.4. The SMILES string of the molecule is CC(C)(C)C1CC(C(=O)OS(=O)(=O)c2ccc(-c3ccc(Br)cn3)s2)CCO1. The van der Waals surface area contributed by atoms with Crippen LogP contribution in [0.2, 0.25) is 0 Å². The third-order valence-electron chi connectivity index (χ3n) is 4.58. The summed E-state index contributed by atoms with van der Waals surface area (Å²) in [5.41, 5.74) is 0.524. The van der Waals surface area contributed by atoms with E-state index < -0.39 is 22.0 Å². The standard InChI is InChI=1S/C19H22BrNO5S2/c1-19(2,3)16-10-12(8-9-25-16)18(22)26-28(23,24)17-7-6-15(27-17)14-5-4-13(20)11-21-14/h4-7,11-12,16H,8-10H2,1-3H3. The Morgan fingerprint density at radius 3 is 2.68 bits per heavy atom. The number of rotatable bonds is 4. The minimum Gasteiger partial charge on any atom is -0.378 e. The van der Waals surface area contributed by atoms with Gasteiger partial charge >= 0.3 is 16.1 Å². The molecule has 1 aliphatic heterocycles. The third kappa shape index (κ3) is 5.00. The van der Waals surface area contributed by atoms with Crippen LogP contribution >= 0.6 is 27.3 Å². The van der Waals surface area contributed by atoms with Crippen molar-refractivity contribution in [2.45, 2.75) is 43.9 Å². The zero-order valence-corrected chi connectivity index (χ0v) is 19.1. The molecule has 2 unspecified atom stereocenters. The quantitative estimate of drug-likeness (QED) is 0.583. The van der Waals surface area contributed by atoms with Crippen LogP contribution in [0.5, 0.6) is 0 Å². The van der Waals surface area contributed by atoms with Crippen LogP contribution in [0.4, 0.5) is 0 Å². The normalized spacial score (nSPS) is 20.7. The van der Waals surface area contributed by atoms with Crippen molar-refractivity contribution in [2.24, 2.45) is 11.3 Å². The molecular weight excluding hydrogens is 466 g/mol.